The molecule has 7 heteroatoms. The van der Waals surface area contributed by atoms with Crippen molar-refractivity contribution >= 4 is 23.5 Å². The lowest BCUT2D eigenvalue weighted by atomic mass is 10.1. The zero-order valence-electron chi connectivity index (χ0n) is 15.4. The minimum absolute atomic E-state index is 0.0931. The second-order valence-electron chi connectivity index (χ2n) is 6.29. The van der Waals surface area contributed by atoms with Crippen molar-refractivity contribution in [2.75, 3.05) is 43.0 Å². The Morgan fingerprint density at radius 1 is 1.07 bits per heavy atom. The third kappa shape index (κ3) is 5.20. The van der Waals surface area contributed by atoms with E-state index in [2.05, 4.69) is 15.2 Å². The molecule has 1 N–H and O–H groups in total. The van der Waals surface area contributed by atoms with Gasteiger partial charge in [0.2, 0.25) is 5.91 Å². The zero-order chi connectivity index (χ0) is 19.1. The summed E-state index contributed by atoms with van der Waals surface area (Å²) in [6.07, 6.45) is 1.81. The second-order valence-corrected chi connectivity index (χ2v) is 6.29. The van der Waals surface area contributed by atoms with E-state index >= 15 is 0 Å². The van der Waals surface area contributed by atoms with Gasteiger partial charge in [0.15, 0.2) is 0 Å². The van der Waals surface area contributed by atoms with Gasteiger partial charge >= 0.3 is 6.09 Å². The molecule has 0 spiro atoms. The van der Waals surface area contributed by atoms with Crippen molar-refractivity contribution in [1.82, 2.24) is 9.88 Å². The minimum atomic E-state index is -0.258. The highest BCUT2D eigenvalue weighted by atomic mass is 16.6. The first-order valence-corrected chi connectivity index (χ1v) is 9.12. The number of amides is 2. The Bertz CT molecular complexity index is 757. The molecule has 2 heterocycles. The Morgan fingerprint density at radius 2 is 1.81 bits per heavy atom. The molecule has 0 unspecified atom stereocenters. The van der Waals surface area contributed by atoms with E-state index in [0.29, 0.717) is 31.9 Å². The van der Waals surface area contributed by atoms with Crippen LogP contribution in [0.3, 0.4) is 0 Å². The highest BCUT2D eigenvalue weighted by Gasteiger charge is 2.22. The maximum Gasteiger partial charge on any atom is 0.409 e. The van der Waals surface area contributed by atoms with Gasteiger partial charge in [-0.3, -0.25) is 4.79 Å². The summed E-state index contributed by atoms with van der Waals surface area (Å²) in [6.45, 7) is 4.88. The van der Waals surface area contributed by atoms with Crippen molar-refractivity contribution in [3.8, 4) is 0 Å². The predicted octanol–water partition coefficient (Wildman–Crippen LogP) is 2.54. The zero-order valence-corrected chi connectivity index (χ0v) is 15.4. The van der Waals surface area contributed by atoms with Crippen LogP contribution in [-0.4, -0.2) is 54.7 Å². The van der Waals surface area contributed by atoms with Crippen LogP contribution in [0, 0.1) is 0 Å². The summed E-state index contributed by atoms with van der Waals surface area (Å²) < 4.78 is 5.03. The lowest BCUT2D eigenvalue weighted by molar-refractivity contribution is -0.115. The van der Waals surface area contributed by atoms with Crippen LogP contribution < -0.4 is 10.2 Å². The number of carbonyl (C=O) groups excluding carboxylic acids is 2. The molecule has 1 aromatic carbocycles. The molecule has 0 saturated carbocycles. The average Bonchev–Trinajstić information content (AvgIpc) is 2.69. The molecule has 1 fully saturated rings. The Kier molecular flexibility index (Phi) is 6.25. The summed E-state index contributed by atoms with van der Waals surface area (Å²) in [5, 5.41) is 2.82. The summed E-state index contributed by atoms with van der Waals surface area (Å²) in [5.41, 5.74) is 1.94. The van der Waals surface area contributed by atoms with Crippen LogP contribution in [0.4, 0.5) is 16.3 Å². The van der Waals surface area contributed by atoms with E-state index in [9.17, 15) is 9.59 Å². The largest absolute Gasteiger partial charge is 0.450 e. The molecule has 2 amide bonds. The molecule has 3 rings (SSSR count). The summed E-state index contributed by atoms with van der Waals surface area (Å²) in [5.74, 6) is 0.439. The maximum atomic E-state index is 12.1. The SMILES string of the molecule is CCOC(=O)N1CCN(c2ccc(NC(=O)Cc3ccccc3)nc2)CC1. The Balaban J connectivity index is 1.50. The molecule has 142 valence electrons. The van der Waals surface area contributed by atoms with Crippen molar-refractivity contribution < 1.29 is 14.3 Å². The Labute approximate surface area is 158 Å². The topological polar surface area (TPSA) is 74.8 Å². The highest BCUT2D eigenvalue weighted by Crippen LogP contribution is 2.17. The molecular formula is C20H24N4O3. The number of rotatable bonds is 5. The van der Waals surface area contributed by atoms with Gasteiger partial charge in [-0.25, -0.2) is 9.78 Å². The van der Waals surface area contributed by atoms with Gasteiger partial charge in [0.25, 0.3) is 0 Å². The molecule has 1 aliphatic rings. The fourth-order valence-electron chi connectivity index (χ4n) is 2.98. The number of nitrogens with zero attached hydrogens (tertiary/aromatic N) is 3. The van der Waals surface area contributed by atoms with Crippen molar-refractivity contribution in [3.63, 3.8) is 0 Å². The molecule has 7 nitrogen and oxygen atoms in total. The van der Waals surface area contributed by atoms with E-state index in [1.807, 2.05) is 36.4 Å². The Morgan fingerprint density at radius 3 is 2.44 bits per heavy atom. The van der Waals surface area contributed by atoms with Crippen molar-refractivity contribution in [1.29, 1.82) is 0 Å². The van der Waals surface area contributed by atoms with Gasteiger partial charge in [0.05, 0.1) is 24.9 Å². The van der Waals surface area contributed by atoms with Crippen molar-refractivity contribution in [2.45, 2.75) is 13.3 Å². The van der Waals surface area contributed by atoms with E-state index < -0.39 is 0 Å². The van der Waals surface area contributed by atoms with E-state index in [1.54, 1.807) is 24.1 Å². The lowest BCUT2D eigenvalue weighted by Crippen LogP contribution is -2.49. The molecular weight excluding hydrogens is 344 g/mol. The van der Waals surface area contributed by atoms with Crippen LogP contribution in [0.1, 0.15) is 12.5 Å². The number of hydrogen-bond donors (Lipinski definition) is 1. The summed E-state index contributed by atoms with van der Waals surface area (Å²) in [6, 6.07) is 13.3. The highest BCUT2D eigenvalue weighted by molar-refractivity contribution is 5.91. The lowest BCUT2D eigenvalue weighted by Gasteiger charge is -2.35. The fourth-order valence-corrected chi connectivity index (χ4v) is 2.98. The van der Waals surface area contributed by atoms with Crippen molar-refractivity contribution in [2.24, 2.45) is 0 Å². The molecule has 0 bridgehead atoms. The average molecular weight is 368 g/mol. The van der Waals surface area contributed by atoms with Crippen LogP contribution in [-0.2, 0) is 16.0 Å². The van der Waals surface area contributed by atoms with E-state index in [0.717, 1.165) is 24.3 Å². The number of piperazine rings is 1. The van der Waals surface area contributed by atoms with E-state index in [4.69, 9.17) is 4.74 Å². The van der Waals surface area contributed by atoms with Gasteiger partial charge in [-0.2, -0.15) is 0 Å². The first-order chi connectivity index (χ1) is 13.2. The summed E-state index contributed by atoms with van der Waals surface area (Å²) >= 11 is 0. The maximum absolute atomic E-state index is 12.1. The third-order valence-electron chi connectivity index (χ3n) is 4.39. The van der Waals surface area contributed by atoms with Gasteiger partial charge < -0.3 is 19.9 Å². The normalized spacial score (nSPS) is 14.0. The van der Waals surface area contributed by atoms with Crippen LogP contribution >= 0.6 is 0 Å². The molecule has 0 aliphatic carbocycles. The molecule has 1 aliphatic heterocycles. The quantitative estimate of drug-likeness (QED) is 0.878. The molecule has 0 atom stereocenters. The molecule has 2 aromatic rings. The minimum Gasteiger partial charge on any atom is -0.450 e. The van der Waals surface area contributed by atoms with Gasteiger partial charge in [-0.15, -0.1) is 0 Å². The monoisotopic (exact) mass is 368 g/mol. The molecule has 1 aromatic heterocycles. The first-order valence-electron chi connectivity index (χ1n) is 9.12. The van der Waals surface area contributed by atoms with E-state index in [1.165, 1.54) is 0 Å². The number of anilines is 2. The van der Waals surface area contributed by atoms with Gasteiger partial charge in [-0.1, -0.05) is 30.3 Å². The van der Waals surface area contributed by atoms with E-state index in [-0.39, 0.29) is 12.0 Å². The van der Waals surface area contributed by atoms with Crippen LogP contribution in [0.25, 0.3) is 0 Å². The van der Waals surface area contributed by atoms with Crippen molar-refractivity contribution in [3.05, 3.63) is 54.2 Å². The number of carbonyl (C=O) groups is 2. The number of hydrogen-bond acceptors (Lipinski definition) is 5. The van der Waals surface area contributed by atoms with Crippen LogP contribution in [0.2, 0.25) is 0 Å². The third-order valence-corrected chi connectivity index (χ3v) is 4.39. The van der Waals surface area contributed by atoms with Gasteiger partial charge in [0, 0.05) is 26.2 Å². The van der Waals surface area contributed by atoms with Gasteiger partial charge in [0.1, 0.15) is 5.82 Å². The number of nitrogens with one attached hydrogen (secondary N) is 1. The molecule has 1 saturated heterocycles. The van der Waals surface area contributed by atoms with Crippen LogP contribution in [0.5, 0.6) is 0 Å². The number of pyridine rings is 1. The number of benzene rings is 1. The van der Waals surface area contributed by atoms with Gasteiger partial charge in [-0.05, 0) is 24.6 Å². The number of aromatic nitrogens is 1. The summed E-state index contributed by atoms with van der Waals surface area (Å²) in [7, 11) is 0. The Hall–Kier alpha value is -3.09. The summed E-state index contributed by atoms with van der Waals surface area (Å²) in [4.78, 5) is 32.1. The smallest absolute Gasteiger partial charge is 0.409 e. The fraction of sp³-hybridized carbons (Fsp3) is 0.350. The van der Waals surface area contributed by atoms with Crippen LogP contribution in [0.15, 0.2) is 48.7 Å². The second kappa shape index (κ2) is 9.02. The number of ether oxygens (including phenoxy) is 1. The molecule has 27 heavy (non-hydrogen) atoms. The predicted molar refractivity (Wildman–Crippen MR) is 104 cm³/mol. The molecule has 0 radical (unpaired) electrons. The standard InChI is InChI=1S/C20H24N4O3/c1-2-27-20(26)24-12-10-23(11-13-24)17-8-9-18(21-15-17)22-19(25)14-16-6-4-3-5-7-16/h3-9,15H,2,10-14H2,1H3,(H,21,22,25). The first kappa shape index (κ1) is 18.7.